The van der Waals surface area contributed by atoms with Crippen LogP contribution in [-0.2, 0) is 4.79 Å². The summed E-state index contributed by atoms with van der Waals surface area (Å²) in [5.41, 5.74) is 2.25. The normalized spacial score (nSPS) is 15.8. The van der Waals surface area contributed by atoms with Crippen LogP contribution in [0.4, 0.5) is 10.1 Å². The first kappa shape index (κ1) is 21.8. The van der Waals surface area contributed by atoms with Crippen molar-refractivity contribution in [1.29, 1.82) is 0 Å². The maximum absolute atomic E-state index is 13.2. The molecular formula is C25H26FN3O3. The first-order valence-electron chi connectivity index (χ1n) is 10.7. The third-order valence-electron chi connectivity index (χ3n) is 5.77. The summed E-state index contributed by atoms with van der Waals surface area (Å²) in [6, 6.07) is 16.6. The lowest BCUT2D eigenvalue weighted by Crippen LogP contribution is -2.48. The number of nitrogens with zero attached hydrogens (tertiary/aromatic N) is 1. The highest BCUT2D eigenvalue weighted by Crippen LogP contribution is 2.27. The number of piperidine rings is 1. The topological polar surface area (TPSA) is 74.6 Å². The molecule has 1 aromatic heterocycles. The quantitative estimate of drug-likeness (QED) is 0.605. The van der Waals surface area contributed by atoms with Gasteiger partial charge in [0.2, 0.25) is 5.91 Å². The van der Waals surface area contributed by atoms with E-state index in [0.717, 1.165) is 24.0 Å². The summed E-state index contributed by atoms with van der Waals surface area (Å²) in [7, 11) is 0. The number of likely N-dealkylation sites (tertiary alicyclic amines) is 1. The minimum absolute atomic E-state index is 0.0137. The largest absolute Gasteiger partial charge is 0.459 e. The molecule has 1 unspecified atom stereocenters. The molecule has 6 nitrogen and oxygen atoms in total. The summed E-state index contributed by atoms with van der Waals surface area (Å²) in [5.74, 6) is -0.388. The predicted molar refractivity (Wildman–Crippen MR) is 120 cm³/mol. The number of rotatable bonds is 6. The molecule has 4 rings (SSSR count). The Kier molecular flexibility index (Phi) is 6.66. The van der Waals surface area contributed by atoms with Crippen LogP contribution in [0.1, 0.15) is 40.6 Å². The zero-order valence-corrected chi connectivity index (χ0v) is 17.9. The van der Waals surface area contributed by atoms with Crippen molar-refractivity contribution < 1.29 is 18.4 Å². The molecule has 1 aliphatic rings. The maximum atomic E-state index is 13.2. The Labute approximate surface area is 186 Å². The van der Waals surface area contributed by atoms with Gasteiger partial charge >= 0.3 is 0 Å². The molecular weight excluding hydrogens is 409 g/mol. The highest BCUT2D eigenvalue weighted by Gasteiger charge is 2.32. The molecule has 0 spiro atoms. The third-order valence-corrected chi connectivity index (χ3v) is 5.77. The first-order valence-corrected chi connectivity index (χ1v) is 10.7. The number of furan rings is 1. The molecule has 1 atom stereocenters. The third kappa shape index (κ3) is 5.06. The van der Waals surface area contributed by atoms with Crippen molar-refractivity contribution in [2.45, 2.75) is 31.8 Å². The molecule has 3 aromatic rings. The zero-order valence-electron chi connectivity index (χ0n) is 17.9. The van der Waals surface area contributed by atoms with Gasteiger partial charge in [-0.2, -0.15) is 0 Å². The lowest BCUT2D eigenvalue weighted by atomic mass is 9.98. The lowest BCUT2D eigenvalue weighted by molar-refractivity contribution is -0.122. The zero-order chi connectivity index (χ0) is 22.5. The van der Waals surface area contributed by atoms with Crippen LogP contribution in [0.15, 0.2) is 71.3 Å². The summed E-state index contributed by atoms with van der Waals surface area (Å²) in [6.45, 7) is 3.14. The molecule has 1 saturated heterocycles. The smallest absolute Gasteiger partial charge is 0.287 e. The van der Waals surface area contributed by atoms with Crippen LogP contribution in [0.25, 0.3) is 0 Å². The average Bonchev–Trinajstić information content (AvgIpc) is 3.23. The highest BCUT2D eigenvalue weighted by molar-refractivity contribution is 5.95. The van der Waals surface area contributed by atoms with Crippen LogP contribution in [-0.4, -0.2) is 35.8 Å². The van der Waals surface area contributed by atoms with Gasteiger partial charge in [0.15, 0.2) is 5.76 Å². The fraction of sp³-hybridized carbons (Fsp3) is 0.280. The Balaban J connectivity index is 1.43. The van der Waals surface area contributed by atoms with Gasteiger partial charge in [0.25, 0.3) is 5.91 Å². The van der Waals surface area contributed by atoms with E-state index in [-0.39, 0.29) is 23.7 Å². The monoisotopic (exact) mass is 435 g/mol. The van der Waals surface area contributed by atoms with Crippen LogP contribution in [0.5, 0.6) is 0 Å². The van der Waals surface area contributed by atoms with Crippen LogP contribution in [0, 0.1) is 12.7 Å². The second-order valence-corrected chi connectivity index (χ2v) is 8.03. The number of hydrogen-bond donors (Lipinski definition) is 2. The molecule has 0 saturated carbocycles. The minimum Gasteiger partial charge on any atom is -0.459 e. The number of halogens is 1. The summed E-state index contributed by atoms with van der Waals surface area (Å²) >= 11 is 0. The molecule has 166 valence electrons. The van der Waals surface area contributed by atoms with Gasteiger partial charge in [-0.3, -0.25) is 14.5 Å². The van der Waals surface area contributed by atoms with E-state index in [1.165, 1.54) is 18.4 Å². The van der Waals surface area contributed by atoms with E-state index in [9.17, 15) is 14.0 Å². The van der Waals surface area contributed by atoms with Gasteiger partial charge < -0.3 is 15.1 Å². The number of anilines is 1. The molecule has 2 aromatic carbocycles. The number of carbonyl (C=O) groups excluding carboxylic acids is 2. The number of amides is 2. The summed E-state index contributed by atoms with van der Waals surface area (Å²) in [5, 5.41) is 5.94. The van der Waals surface area contributed by atoms with Gasteiger partial charge in [-0.25, -0.2) is 4.39 Å². The SMILES string of the molecule is Cc1ccoc1C(=O)NC1CCN(C(C(=O)Nc2ccc(F)cc2)c2ccccc2)CC1. The Morgan fingerprint density at radius 1 is 1.03 bits per heavy atom. The van der Waals surface area contributed by atoms with Gasteiger partial charge in [0.1, 0.15) is 11.9 Å². The molecule has 2 amide bonds. The number of nitrogens with one attached hydrogen (secondary N) is 2. The fourth-order valence-electron chi connectivity index (χ4n) is 4.07. The van der Waals surface area contributed by atoms with E-state index in [4.69, 9.17) is 4.42 Å². The van der Waals surface area contributed by atoms with E-state index in [1.807, 2.05) is 37.3 Å². The van der Waals surface area contributed by atoms with Crippen LogP contribution in [0.3, 0.4) is 0 Å². The second kappa shape index (κ2) is 9.78. The van der Waals surface area contributed by atoms with Gasteiger partial charge in [-0.1, -0.05) is 30.3 Å². The van der Waals surface area contributed by atoms with Gasteiger partial charge in [0, 0.05) is 30.4 Å². The molecule has 1 fully saturated rings. The number of carbonyl (C=O) groups is 2. The minimum atomic E-state index is -0.481. The Morgan fingerprint density at radius 2 is 1.72 bits per heavy atom. The van der Waals surface area contributed by atoms with E-state index >= 15 is 0 Å². The Hall–Kier alpha value is -3.45. The first-order chi connectivity index (χ1) is 15.5. The lowest BCUT2D eigenvalue weighted by Gasteiger charge is -2.37. The molecule has 0 bridgehead atoms. The summed E-state index contributed by atoms with van der Waals surface area (Å²) in [4.78, 5) is 27.8. The number of benzene rings is 2. The van der Waals surface area contributed by atoms with Crippen molar-refractivity contribution in [3.8, 4) is 0 Å². The van der Waals surface area contributed by atoms with Gasteiger partial charge in [-0.15, -0.1) is 0 Å². The van der Waals surface area contributed by atoms with E-state index in [2.05, 4.69) is 15.5 Å². The molecule has 7 heteroatoms. The Morgan fingerprint density at radius 3 is 2.34 bits per heavy atom. The van der Waals surface area contributed by atoms with Crippen molar-refractivity contribution in [3.05, 3.63) is 89.6 Å². The van der Waals surface area contributed by atoms with Crippen LogP contribution < -0.4 is 10.6 Å². The predicted octanol–water partition coefficient (Wildman–Crippen LogP) is 4.30. The van der Waals surface area contributed by atoms with Crippen LogP contribution in [0.2, 0.25) is 0 Å². The summed E-state index contributed by atoms with van der Waals surface area (Å²) < 4.78 is 18.5. The van der Waals surface area contributed by atoms with Gasteiger partial charge in [-0.05, 0) is 55.7 Å². The van der Waals surface area contributed by atoms with Crippen LogP contribution >= 0.6 is 0 Å². The highest BCUT2D eigenvalue weighted by atomic mass is 19.1. The Bertz CT molecular complexity index is 1060. The van der Waals surface area contributed by atoms with Crippen molar-refractivity contribution in [2.24, 2.45) is 0 Å². The number of hydrogen-bond acceptors (Lipinski definition) is 4. The second-order valence-electron chi connectivity index (χ2n) is 8.03. The number of aryl methyl sites for hydroxylation is 1. The fourth-order valence-corrected chi connectivity index (χ4v) is 4.07. The molecule has 0 radical (unpaired) electrons. The van der Waals surface area contributed by atoms with Crippen molar-refractivity contribution in [3.63, 3.8) is 0 Å². The summed E-state index contributed by atoms with van der Waals surface area (Å²) in [6.07, 6.45) is 2.95. The maximum Gasteiger partial charge on any atom is 0.287 e. The van der Waals surface area contributed by atoms with Gasteiger partial charge in [0.05, 0.1) is 6.26 Å². The standard InChI is InChI=1S/C25H26FN3O3/c1-17-13-16-32-23(17)25(31)28-21-11-14-29(15-12-21)22(18-5-3-2-4-6-18)24(30)27-20-9-7-19(26)8-10-20/h2-10,13,16,21-22H,11-12,14-15H2,1H3,(H,27,30)(H,28,31). The molecule has 0 aliphatic carbocycles. The van der Waals surface area contributed by atoms with E-state index in [1.54, 1.807) is 18.2 Å². The van der Waals surface area contributed by atoms with E-state index in [0.29, 0.717) is 24.5 Å². The molecule has 2 N–H and O–H groups in total. The van der Waals surface area contributed by atoms with Crippen molar-refractivity contribution >= 4 is 17.5 Å². The molecule has 2 heterocycles. The molecule has 1 aliphatic heterocycles. The van der Waals surface area contributed by atoms with Crippen molar-refractivity contribution in [1.82, 2.24) is 10.2 Å². The average molecular weight is 435 g/mol. The molecule has 32 heavy (non-hydrogen) atoms. The van der Waals surface area contributed by atoms with Crippen molar-refractivity contribution in [2.75, 3.05) is 18.4 Å². The van der Waals surface area contributed by atoms with E-state index < -0.39 is 6.04 Å².